The van der Waals surface area contributed by atoms with Gasteiger partial charge in [-0.05, 0) is 35.2 Å². The van der Waals surface area contributed by atoms with Crippen molar-refractivity contribution >= 4 is 23.1 Å². The first-order valence-electron chi connectivity index (χ1n) is 4.93. The van der Waals surface area contributed by atoms with Gasteiger partial charge in [-0.15, -0.1) is 0 Å². The summed E-state index contributed by atoms with van der Waals surface area (Å²) in [5, 5.41) is 13.1. The van der Waals surface area contributed by atoms with Crippen LogP contribution in [0.4, 0.5) is 0 Å². The van der Waals surface area contributed by atoms with Crippen LogP contribution in [-0.4, -0.2) is 16.9 Å². The van der Waals surface area contributed by atoms with E-state index in [0.717, 1.165) is 5.56 Å². The van der Waals surface area contributed by atoms with Gasteiger partial charge in [0.2, 0.25) is 0 Å². The van der Waals surface area contributed by atoms with Crippen molar-refractivity contribution < 1.29 is 14.7 Å². The van der Waals surface area contributed by atoms with Crippen LogP contribution in [0.25, 0.3) is 0 Å². The van der Waals surface area contributed by atoms with E-state index in [1.165, 1.54) is 11.3 Å². The van der Waals surface area contributed by atoms with Gasteiger partial charge in [0.15, 0.2) is 0 Å². The van der Waals surface area contributed by atoms with Crippen LogP contribution < -0.4 is 0 Å². The molecule has 80 valence electrons. The molecule has 0 radical (unpaired) electrons. The number of ketones is 1. The summed E-state index contributed by atoms with van der Waals surface area (Å²) in [5.41, 5.74) is 0.0426. The van der Waals surface area contributed by atoms with Crippen molar-refractivity contribution in [1.29, 1.82) is 0 Å². The molecule has 0 unspecified atom stereocenters. The molecule has 1 aromatic heterocycles. The quantitative estimate of drug-likeness (QED) is 0.838. The molecule has 0 saturated heterocycles. The molecular weight excluding hydrogens is 212 g/mol. The van der Waals surface area contributed by atoms with E-state index < -0.39 is 11.4 Å². The molecule has 0 aromatic carbocycles. The second-order valence-corrected chi connectivity index (χ2v) is 4.72. The van der Waals surface area contributed by atoms with Crippen LogP contribution in [0.5, 0.6) is 0 Å². The fourth-order valence-electron chi connectivity index (χ4n) is 2.12. The molecule has 1 heterocycles. The number of Topliss-reactive ketones (excluding diaryl/α,β-unsaturated/α-hetero) is 1. The lowest BCUT2D eigenvalue weighted by molar-refractivity contribution is -0.146. The Morgan fingerprint density at radius 2 is 2.07 bits per heavy atom. The first-order chi connectivity index (χ1) is 7.15. The second kappa shape index (κ2) is 3.77. The van der Waals surface area contributed by atoms with Gasteiger partial charge in [-0.2, -0.15) is 11.3 Å². The summed E-state index contributed by atoms with van der Waals surface area (Å²) in [5.74, 6) is -0.615. The number of carboxylic acid groups (broad SMARTS) is 1. The summed E-state index contributed by atoms with van der Waals surface area (Å²) < 4.78 is 0. The molecule has 1 aliphatic rings. The third-order valence-electron chi connectivity index (χ3n) is 3.14. The fourth-order valence-corrected chi connectivity index (χ4v) is 2.87. The van der Waals surface area contributed by atoms with Crippen molar-refractivity contribution in [3.05, 3.63) is 22.4 Å². The largest absolute Gasteiger partial charge is 0.481 e. The van der Waals surface area contributed by atoms with Gasteiger partial charge >= 0.3 is 5.97 Å². The first-order valence-corrected chi connectivity index (χ1v) is 5.87. The monoisotopic (exact) mass is 224 g/mol. The van der Waals surface area contributed by atoms with Crippen LogP contribution in [0.2, 0.25) is 0 Å². The van der Waals surface area contributed by atoms with Crippen molar-refractivity contribution in [3.63, 3.8) is 0 Å². The van der Waals surface area contributed by atoms with Crippen molar-refractivity contribution in [2.24, 2.45) is 0 Å². The summed E-state index contributed by atoms with van der Waals surface area (Å²) in [7, 11) is 0. The zero-order valence-corrected chi connectivity index (χ0v) is 9.05. The highest BCUT2D eigenvalue weighted by Gasteiger charge is 2.43. The Bertz CT molecular complexity index is 371. The Labute approximate surface area is 91.7 Å². The van der Waals surface area contributed by atoms with E-state index in [1.54, 1.807) is 0 Å². The highest BCUT2D eigenvalue weighted by atomic mass is 32.1. The van der Waals surface area contributed by atoms with Crippen molar-refractivity contribution in [2.75, 3.05) is 0 Å². The molecule has 1 fully saturated rings. The number of hydrogen-bond donors (Lipinski definition) is 1. The summed E-state index contributed by atoms with van der Waals surface area (Å²) in [6.07, 6.45) is 1.67. The van der Waals surface area contributed by atoms with Crippen LogP contribution in [0.1, 0.15) is 31.2 Å². The number of carbonyl (C=O) groups is 2. The van der Waals surface area contributed by atoms with Crippen LogP contribution in [0, 0.1) is 0 Å². The standard InChI is InChI=1S/C11H12O3S/c12-9-1-4-11(5-2-9,10(13)14)8-3-6-15-7-8/h3,6-7H,1-2,4-5H2,(H,13,14). The fraction of sp³-hybridized carbons (Fsp3) is 0.455. The smallest absolute Gasteiger partial charge is 0.314 e. The molecular formula is C11H12O3S. The van der Waals surface area contributed by atoms with Crippen LogP contribution >= 0.6 is 11.3 Å². The Balaban J connectivity index is 2.34. The van der Waals surface area contributed by atoms with Crippen LogP contribution in [0.3, 0.4) is 0 Å². The maximum Gasteiger partial charge on any atom is 0.314 e. The Hall–Kier alpha value is -1.16. The third-order valence-corrected chi connectivity index (χ3v) is 3.83. The summed E-state index contributed by atoms with van der Waals surface area (Å²) in [6.45, 7) is 0. The number of aliphatic carboxylic acids is 1. The number of thiophene rings is 1. The topological polar surface area (TPSA) is 54.4 Å². The average Bonchev–Trinajstić information content (AvgIpc) is 2.72. The SMILES string of the molecule is O=C1CCC(C(=O)O)(c2ccsc2)CC1. The molecule has 0 atom stereocenters. The number of hydrogen-bond acceptors (Lipinski definition) is 3. The summed E-state index contributed by atoms with van der Waals surface area (Å²) in [4.78, 5) is 22.5. The van der Waals surface area contributed by atoms with E-state index in [0.29, 0.717) is 25.7 Å². The van der Waals surface area contributed by atoms with Crippen molar-refractivity contribution in [2.45, 2.75) is 31.1 Å². The predicted octanol–water partition coefficient (Wildman–Crippen LogP) is 2.21. The minimum absolute atomic E-state index is 0.183. The van der Waals surface area contributed by atoms with Crippen LogP contribution in [-0.2, 0) is 15.0 Å². The normalized spacial score (nSPS) is 20.1. The molecule has 0 bridgehead atoms. The number of carboxylic acids is 1. The van der Waals surface area contributed by atoms with Gasteiger partial charge in [-0.1, -0.05) is 0 Å². The van der Waals surface area contributed by atoms with Crippen molar-refractivity contribution in [3.8, 4) is 0 Å². The average molecular weight is 224 g/mol. The number of carbonyl (C=O) groups excluding carboxylic acids is 1. The van der Waals surface area contributed by atoms with Gasteiger partial charge in [0, 0.05) is 12.8 Å². The molecule has 0 aliphatic heterocycles. The van der Waals surface area contributed by atoms with Gasteiger partial charge < -0.3 is 5.11 Å². The lowest BCUT2D eigenvalue weighted by Gasteiger charge is -2.31. The third kappa shape index (κ3) is 1.69. The van der Waals surface area contributed by atoms with E-state index in [1.807, 2.05) is 16.8 Å². The van der Waals surface area contributed by atoms with Gasteiger partial charge in [0.05, 0.1) is 5.41 Å². The molecule has 1 saturated carbocycles. The maximum absolute atomic E-state index is 11.4. The lowest BCUT2D eigenvalue weighted by Crippen LogP contribution is -2.39. The second-order valence-electron chi connectivity index (χ2n) is 3.94. The molecule has 1 N–H and O–H groups in total. The molecule has 4 heteroatoms. The minimum Gasteiger partial charge on any atom is -0.481 e. The maximum atomic E-state index is 11.4. The Morgan fingerprint density at radius 1 is 1.40 bits per heavy atom. The number of rotatable bonds is 2. The van der Waals surface area contributed by atoms with Gasteiger partial charge in [-0.3, -0.25) is 9.59 Å². The van der Waals surface area contributed by atoms with E-state index in [9.17, 15) is 14.7 Å². The van der Waals surface area contributed by atoms with E-state index in [2.05, 4.69) is 0 Å². The zero-order valence-electron chi connectivity index (χ0n) is 8.23. The molecule has 1 aromatic rings. The molecule has 2 rings (SSSR count). The predicted molar refractivity (Wildman–Crippen MR) is 57.1 cm³/mol. The Kier molecular flexibility index (Phi) is 2.61. The molecule has 15 heavy (non-hydrogen) atoms. The highest BCUT2D eigenvalue weighted by molar-refractivity contribution is 7.08. The molecule has 0 spiro atoms. The summed E-state index contributed by atoms with van der Waals surface area (Å²) >= 11 is 1.50. The molecule has 1 aliphatic carbocycles. The molecule has 0 amide bonds. The zero-order chi connectivity index (χ0) is 10.9. The summed E-state index contributed by atoms with van der Waals surface area (Å²) in [6, 6.07) is 1.86. The van der Waals surface area contributed by atoms with E-state index in [-0.39, 0.29) is 5.78 Å². The van der Waals surface area contributed by atoms with Gasteiger partial charge in [0.25, 0.3) is 0 Å². The lowest BCUT2D eigenvalue weighted by atomic mass is 9.70. The molecule has 3 nitrogen and oxygen atoms in total. The first kappa shape index (κ1) is 10.4. The minimum atomic E-state index is -0.812. The van der Waals surface area contributed by atoms with E-state index >= 15 is 0 Å². The van der Waals surface area contributed by atoms with Gasteiger partial charge in [-0.25, -0.2) is 0 Å². The van der Waals surface area contributed by atoms with Gasteiger partial charge in [0.1, 0.15) is 5.78 Å². The van der Waals surface area contributed by atoms with E-state index in [4.69, 9.17) is 0 Å². The van der Waals surface area contributed by atoms with Crippen LogP contribution in [0.15, 0.2) is 16.8 Å². The highest BCUT2D eigenvalue weighted by Crippen LogP contribution is 2.39. The van der Waals surface area contributed by atoms with Crippen molar-refractivity contribution in [1.82, 2.24) is 0 Å². The Morgan fingerprint density at radius 3 is 2.53 bits per heavy atom.